The molecule has 3 N–H and O–H groups in total. The molecule has 3 heterocycles. The molecule has 0 saturated carbocycles. The summed E-state index contributed by atoms with van der Waals surface area (Å²) in [6, 6.07) is 13.4. The van der Waals surface area contributed by atoms with E-state index in [1.165, 1.54) is 6.07 Å². The Balaban J connectivity index is 0.000000163. The Kier molecular flexibility index (Phi) is 8.89. The van der Waals surface area contributed by atoms with Crippen molar-refractivity contribution in [2.24, 2.45) is 0 Å². The maximum Gasteiger partial charge on any atom is 0.347 e. The van der Waals surface area contributed by atoms with Crippen LogP contribution in [-0.2, 0) is 0 Å². The number of aromatic carboxylic acids is 1. The number of halogens is 1. The van der Waals surface area contributed by atoms with Gasteiger partial charge in [0.2, 0.25) is 5.89 Å². The largest absolute Gasteiger partial charge is 0.478 e. The van der Waals surface area contributed by atoms with Crippen molar-refractivity contribution in [1.29, 1.82) is 0 Å². The Morgan fingerprint density at radius 2 is 1.61 bits per heavy atom. The van der Waals surface area contributed by atoms with Gasteiger partial charge < -0.3 is 15.3 Å². The number of benzene rings is 2. The van der Waals surface area contributed by atoms with Gasteiger partial charge in [-0.15, -0.1) is 10.2 Å². The van der Waals surface area contributed by atoms with Crippen LogP contribution in [0.15, 0.2) is 57.7 Å². The number of hydrogen-bond donors (Lipinski definition) is 2. The summed E-state index contributed by atoms with van der Waals surface area (Å²) in [5, 5.41) is 16.0. The van der Waals surface area contributed by atoms with Crippen LogP contribution in [0.5, 0.6) is 0 Å². The molecule has 0 aliphatic carbocycles. The first-order chi connectivity index (χ1) is 17.2. The molecular formula is C22H17ClN6O5S2. The predicted molar refractivity (Wildman–Crippen MR) is 137 cm³/mol. The summed E-state index contributed by atoms with van der Waals surface area (Å²) in [5.74, 6) is -0.709. The summed E-state index contributed by atoms with van der Waals surface area (Å²) in [4.78, 5) is 37.9. The molecular weight excluding hydrogens is 528 g/mol. The van der Waals surface area contributed by atoms with Gasteiger partial charge in [-0.3, -0.25) is 4.79 Å². The number of anilines is 1. The number of nitrogens with two attached hydrogens (primary N) is 1. The first kappa shape index (κ1) is 26.5. The molecule has 184 valence electrons. The summed E-state index contributed by atoms with van der Waals surface area (Å²) in [6.45, 7) is 3.49. The van der Waals surface area contributed by atoms with E-state index in [1.54, 1.807) is 50.2 Å². The molecule has 14 heteroatoms. The number of nitrogens with zero attached hydrogens (tertiary/aromatic N) is 5. The molecule has 0 amide bonds. The molecule has 0 aliphatic heterocycles. The third kappa shape index (κ3) is 6.53. The molecule has 0 unspecified atom stereocenters. The lowest BCUT2D eigenvalue weighted by molar-refractivity contribution is 0.0698. The van der Waals surface area contributed by atoms with Gasteiger partial charge in [-0.1, -0.05) is 33.2 Å². The standard InChI is InChI=1S/C11H7N3O2S.C7H7NO2.C4H3ClN2OS/c1-6-9(17-14-13-6)10-12-8-5-3-2-4-7(8)11(15)16-10;8-6-4-2-1-3-5(6)7(9)10;1-2-3(4(5)8)9-7-6-2/h2-5H,1H3;1-4H,8H2,(H,9,10);1H3. The third-order valence-corrected chi connectivity index (χ3v) is 6.35. The number of aryl methyl sites for hydroxylation is 2. The minimum absolute atomic E-state index is 0.155. The zero-order valence-corrected chi connectivity index (χ0v) is 21.1. The second kappa shape index (κ2) is 12.1. The Labute approximate surface area is 216 Å². The van der Waals surface area contributed by atoms with Crippen molar-refractivity contribution in [3.05, 3.63) is 80.8 Å². The quantitative estimate of drug-likeness (QED) is 0.246. The highest BCUT2D eigenvalue weighted by atomic mass is 35.5. The summed E-state index contributed by atoms with van der Waals surface area (Å²) >= 11 is 7.32. The lowest BCUT2D eigenvalue weighted by Gasteiger charge is -1.98. The van der Waals surface area contributed by atoms with Crippen LogP contribution in [0.2, 0.25) is 0 Å². The van der Waals surface area contributed by atoms with Crippen molar-refractivity contribution in [2.45, 2.75) is 13.8 Å². The molecule has 0 atom stereocenters. The highest BCUT2D eigenvalue weighted by Crippen LogP contribution is 2.23. The fourth-order valence-electron chi connectivity index (χ4n) is 2.65. The highest BCUT2D eigenvalue weighted by Gasteiger charge is 2.13. The average Bonchev–Trinajstić information content (AvgIpc) is 3.48. The summed E-state index contributed by atoms with van der Waals surface area (Å²) in [6.07, 6.45) is 0. The second-order valence-corrected chi connectivity index (χ2v) is 8.72. The molecule has 5 aromatic rings. The zero-order chi connectivity index (χ0) is 26.2. The number of carboxylic acid groups (broad SMARTS) is 1. The van der Waals surface area contributed by atoms with E-state index in [0.717, 1.165) is 23.1 Å². The summed E-state index contributed by atoms with van der Waals surface area (Å²) in [5.41, 5.74) is 7.33. The van der Waals surface area contributed by atoms with Crippen LogP contribution in [0.4, 0.5) is 5.69 Å². The molecule has 0 radical (unpaired) electrons. The topological polar surface area (TPSA) is 175 Å². The molecule has 0 aliphatic rings. The number of aromatic nitrogens is 5. The lowest BCUT2D eigenvalue weighted by atomic mass is 10.2. The Morgan fingerprint density at radius 1 is 0.972 bits per heavy atom. The SMILES string of the molecule is Cc1nnsc1-c1nc2ccccc2c(=O)o1.Cc1nnsc1C(=O)Cl.Nc1ccccc1C(=O)O. The van der Waals surface area contributed by atoms with Gasteiger partial charge in [0.05, 0.1) is 27.9 Å². The normalized spacial score (nSPS) is 10.1. The number of fused-ring (bicyclic) bond motifs is 1. The van der Waals surface area contributed by atoms with Gasteiger partial charge in [0.15, 0.2) is 0 Å². The van der Waals surface area contributed by atoms with Crippen molar-refractivity contribution >= 4 is 62.5 Å². The van der Waals surface area contributed by atoms with Crippen LogP contribution in [0.1, 0.15) is 31.4 Å². The van der Waals surface area contributed by atoms with Gasteiger partial charge in [-0.2, -0.15) is 0 Å². The molecule has 0 saturated heterocycles. The summed E-state index contributed by atoms with van der Waals surface area (Å²) < 4.78 is 12.5. The number of carboxylic acids is 1. The van der Waals surface area contributed by atoms with Crippen LogP contribution < -0.4 is 11.4 Å². The molecule has 3 aromatic heterocycles. The van der Waals surface area contributed by atoms with Crippen molar-refractivity contribution in [1.82, 2.24) is 24.2 Å². The molecule has 2 aromatic carbocycles. The monoisotopic (exact) mass is 544 g/mol. The maximum absolute atomic E-state index is 11.8. The van der Waals surface area contributed by atoms with E-state index in [-0.39, 0.29) is 11.5 Å². The molecule has 36 heavy (non-hydrogen) atoms. The zero-order valence-electron chi connectivity index (χ0n) is 18.7. The lowest BCUT2D eigenvalue weighted by Crippen LogP contribution is -2.02. The van der Waals surface area contributed by atoms with E-state index < -0.39 is 16.8 Å². The Bertz CT molecular complexity index is 1580. The van der Waals surface area contributed by atoms with E-state index >= 15 is 0 Å². The van der Waals surface area contributed by atoms with Gasteiger partial charge >= 0.3 is 11.6 Å². The van der Waals surface area contributed by atoms with Crippen LogP contribution in [0, 0.1) is 13.8 Å². The van der Waals surface area contributed by atoms with Crippen molar-refractivity contribution in [2.75, 3.05) is 5.73 Å². The molecule has 5 rings (SSSR count). The predicted octanol–water partition coefficient (Wildman–Crippen LogP) is 4.21. The van der Waals surface area contributed by atoms with Crippen LogP contribution >= 0.6 is 34.7 Å². The van der Waals surface area contributed by atoms with E-state index in [9.17, 15) is 14.4 Å². The second-order valence-electron chi connectivity index (χ2n) is 6.86. The smallest absolute Gasteiger partial charge is 0.347 e. The van der Waals surface area contributed by atoms with Gasteiger partial charge in [-0.25, -0.2) is 14.6 Å². The van der Waals surface area contributed by atoms with E-state index in [0.29, 0.717) is 37.7 Å². The van der Waals surface area contributed by atoms with Crippen molar-refractivity contribution < 1.29 is 19.1 Å². The maximum atomic E-state index is 11.8. The number of rotatable bonds is 3. The van der Waals surface area contributed by atoms with Crippen LogP contribution in [-0.4, -0.2) is 40.5 Å². The molecule has 0 bridgehead atoms. The average molecular weight is 545 g/mol. The van der Waals surface area contributed by atoms with Crippen LogP contribution in [0.25, 0.3) is 21.7 Å². The number of carbonyl (C=O) groups is 2. The number of hydrogen-bond acceptors (Lipinski definition) is 12. The van der Waals surface area contributed by atoms with E-state index in [2.05, 4.69) is 24.2 Å². The molecule has 11 nitrogen and oxygen atoms in total. The minimum atomic E-state index is -0.988. The Hall–Kier alpha value is -4.07. The van der Waals surface area contributed by atoms with Crippen molar-refractivity contribution in [3.8, 4) is 10.8 Å². The number of para-hydroxylation sites is 2. The van der Waals surface area contributed by atoms with Crippen molar-refractivity contribution in [3.63, 3.8) is 0 Å². The minimum Gasteiger partial charge on any atom is -0.478 e. The first-order valence-corrected chi connectivity index (χ1v) is 11.9. The highest BCUT2D eigenvalue weighted by molar-refractivity contribution is 7.10. The third-order valence-electron chi connectivity index (χ3n) is 4.40. The number of nitrogen functional groups attached to an aromatic ring is 1. The van der Waals surface area contributed by atoms with E-state index in [4.69, 9.17) is 26.9 Å². The van der Waals surface area contributed by atoms with Crippen LogP contribution in [0.3, 0.4) is 0 Å². The summed E-state index contributed by atoms with van der Waals surface area (Å²) in [7, 11) is 0. The molecule has 0 spiro atoms. The van der Waals surface area contributed by atoms with Gasteiger partial charge in [0.25, 0.3) is 5.24 Å². The first-order valence-electron chi connectivity index (χ1n) is 9.94. The van der Waals surface area contributed by atoms with Gasteiger partial charge in [0, 0.05) is 5.69 Å². The van der Waals surface area contributed by atoms with Gasteiger partial charge in [-0.05, 0) is 72.8 Å². The number of carbonyl (C=O) groups excluding carboxylic acids is 1. The van der Waals surface area contributed by atoms with Gasteiger partial charge in [0.1, 0.15) is 9.75 Å². The fourth-order valence-corrected chi connectivity index (χ4v) is 3.96. The van der Waals surface area contributed by atoms with E-state index in [1.807, 2.05) is 6.07 Å². The Morgan fingerprint density at radius 3 is 2.14 bits per heavy atom. The molecule has 0 fully saturated rings. The fraction of sp³-hybridized carbons (Fsp3) is 0.0909.